The van der Waals surface area contributed by atoms with Crippen molar-refractivity contribution in [2.24, 2.45) is 0 Å². The van der Waals surface area contributed by atoms with Crippen molar-refractivity contribution >= 4 is 11.3 Å². The van der Waals surface area contributed by atoms with Crippen LogP contribution in [0.25, 0.3) is 0 Å². The van der Waals surface area contributed by atoms with E-state index in [0.717, 1.165) is 23.8 Å². The Bertz CT molecular complexity index is 589. The SMILES string of the molecule is Cc1nc(C)n(Cc2cc(C#CCCO)cs2)n1. The minimum Gasteiger partial charge on any atom is -0.395 e. The van der Waals surface area contributed by atoms with Gasteiger partial charge < -0.3 is 5.11 Å². The van der Waals surface area contributed by atoms with Crippen LogP contribution in [0.2, 0.25) is 0 Å². The lowest BCUT2D eigenvalue weighted by Gasteiger charge is -1.98. The summed E-state index contributed by atoms with van der Waals surface area (Å²) >= 11 is 1.67. The second kappa shape index (κ2) is 5.80. The predicted octanol–water partition coefficient (Wildman–Crippen LogP) is 1.74. The van der Waals surface area contributed by atoms with Crippen molar-refractivity contribution in [3.63, 3.8) is 0 Å². The Morgan fingerprint density at radius 2 is 2.28 bits per heavy atom. The molecule has 0 aliphatic rings. The van der Waals surface area contributed by atoms with Crippen LogP contribution in [-0.4, -0.2) is 26.5 Å². The number of hydrogen-bond donors (Lipinski definition) is 1. The largest absolute Gasteiger partial charge is 0.395 e. The predicted molar refractivity (Wildman–Crippen MR) is 71.5 cm³/mol. The van der Waals surface area contributed by atoms with Gasteiger partial charge in [-0.05, 0) is 19.9 Å². The lowest BCUT2D eigenvalue weighted by atomic mass is 10.3. The molecule has 0 unspecified atom stereocenters. The van der Waals surface area contributed by atoms with E-state index in [2.05, 4.69) is 28.0 Å². The van der Waals surface area contributed by atoms with E-state index < -0.39 is 0 Å². The van der Waals surface area contributed by atoms with E-state index in [9.17, 15) is 0 Å². The maximum absolute atomic E-state index is 8.66. The second-order valence-corrected chi connectivity index (χ2v) is 4.94. The smallest absolute Gasteiger partial charge is 0.147 e. The van der Waals surface area contributed by atoms with Crippen molar-refractivity contribution in [2.75, 3.05) is 6.61 Å². The monoisotopic (exact) mass is 261 g/mol. The fourth-order valence-corrected chi connectivity index (χ4v) is 2.41. The van der Waals surface area contributed by atoms with Gasteiger partial charge in [-0.25, -0.2) is 9.67 Å². The lowest BCUT2D eigenvalue weighted by molar-refractivity contribution is 0.305. The van der Waals surface area contributed by atoms with Crippen LogP contribution in [0.3, 0.4) is 0 Å². The summed E-state index contributed by atoms with van der Waals surface area (Å²) in [5.74, 6) is 7.67. The van der Waals surface area contributed by atoms with Crippen molar-refractivity contribution in [3.8, 4) is 11.8 Å². The van der Waals surface area contributed by atoms with Gasteiger partial charge in [0, 0.05) is 22.2 Å². The molecular weight excluding hydrogens is 246 g/mol. The number of hydrogen-bond acceptors (Lipinski definition) is 4. The normalized spacial score (nSPS) is 10.2. The molecule has 0 saturated carbocycles. The molecule has 18 heavy (non-hydrogen) atoms. The van der Waals surface area contributed by atoms with E-state index >= 15 is 0 Å². The van der Waals surface area contributed by atoms with Crippen LogP contribution < -0.4 is 0 Å². The molecule has 0 spiro atoms. The first-order valence-corrected chi connectivity index (χ1v) is 6.62. The molecule has 0 bridgehead atoms. The summed E-state index contributed by atoms with van der Waals surface area (Å²) in [7, 11) is 0. The highest BCUT2D eigenvalue weighted by atomic mass is 32.1. The van der Waals surface area contributed by atoms with Crippen molar-refractivity contribution < 1.29 is 5.11 Å². The van der Waals surface area contributed by atoms with Crippen molar-refractivity contribution in [3.05, 3.63) is 33.5 Å². The van der Waals surface area contributed by atoms with Gasteiger partial charge in [0.1, 0.15) is 11.6 Å². The third-order valence-electron chi connectivity index (χ3n) is 2.39. The highest BCUT2D eigenvalue weighted by Crippen LogP contribution is 2.15. The fourth-order valence-electron chi connectivity index (χ4n) is 1.61. The average Bonchev–Trinajstić information content (AvgIpc) is 2.88. The van der Waals surface area contributed by atoms with Crippen LogP contribution >= 0.6 is 11.3 Å². The van der Waals surface area contributed by atoms with E-state index in [1.165, 1.54) is 4.88 Å². The molecule has 5 heteroatoms. The van der Waals surface area contributed by atoms with E-state index in [4.69, 9.17) is 5.11 Å². The Labute approximate surface area is 110 Å². The minimum atomic E-state index is 0.113. The number of thiophene rings is 1. The van der Waals surface area contributed by atoms with Crippen LogP contribution in [0.15, 0.2) is 11.4 Å². The average molecular weight is 261 g/mol. The Morgan fingerprint density at radius 1 is 1.44 bits per heavy atom. The van der Waals surface area contributed by atoms with E-state index in [0.29, 0.717) is 6.42 Å². The highest BCUT2D eigenvalue weighted by Gasteiger charge is 2.05. The summed E-state index contributed by atoms with van der Waals surface area (Å²) in [6.45, 7) is 4.69. The highest BCUT2D eigenvalue weighted by molar-refractivity contribution is 7.10. The van der Waals surface area contributed by atoms with E-state index in [1.54, 1.807) is 11.3 Å². The standard InChI is InChI=1S/C13H15N3OS/c1-10-14-11(2)16(15-10)8-13-7-12(9-18-13)5-3-4-6-17/h7,9,17H,4,6,8H2,1-2H3. The Hall–Kier alpha value is -1.64. The number of aryl methyl sites for hydroxylation is 2. The zero-order chi connectivity index (χ0) is 13.0. The number of aromatic nitrogens is 3. The van der Waals surface area contributed by atoms with Crippen molar-refractivity contribution in [1.29, 1.82) is 0 Å². The first-order valence-electron chi connectivity index (χ1n) is 5.74. The lowest BCUT2D eigenvalue weighted by Crippen LogP contribution is -2.02. The van der Waals surface area contributed by atoms with Gasteiger partial charge >= 0.3 is 0 Å². The van der Waals surface area contributed by atoms with Crippen LogP contribution in [0.1, 0.15) is 28.5 Å². The molecule has 0 aliphatic carbocycles. The Kier molecular flexibility index (Phi) is 4.13. The molecule has 0 atom stereocenters. The summed E-state index contributed by atoms with van der Waals surface area (Å²) in [4.78, 5) is 5.48. The number of aliphatic hydroxyl groups is 1. The number of nitrogens with zero attached hydrogens (tertiary/aromatic N) is 3. The third-order valence-corrected chi connectivity index (χ3v) is 3.31. The third kappa shape index (κ3) is 3.19. The van der Waals surface area contributed by atoms with Crippen molar-refractivity contribution in [1.82, 2.24) is 14.8 Å². The molecule has 0 saturated heterocycles. The molecule has 1 N–H and O–H groups in total. The zero-order valence-corrected chi connectivity index (χ0v) is 11.3. The molecule has 0 aliphatic heterocycles. The first-order chi connectivity index (χ1) is 8.69. The zero-order valence-electron chi connectivity index (χ0n) is 10.5. The summed E-state index contributed by atoms with van der Waals surface area (Å²) in [6, 6.07) is 2.06. The van der Waals surface area contributed by atoms with Crippen LogP contribution in [0, 0.1) is 25.7 Å². The van der Waals surface area contributed by atoms with E-state index in [1.807, 2.05) is 23.9 Å². The molecule has 2 rings (SSSR count). The van der Waals surface area contributed by atoms with Crippen molar-refractivity contribution in [2.45, 2.75) is 26.8 Å². The molecular formula is C13H15N3OS. The van der Waals surface area contributed by atoms with Gasteiger partial charge in [-0.15, -0.1) is 11.3 Å². The van der Waals surface area contributed by atoms with Gasteiger partial charge in [0.2, 0.25) is 0 Å². The van der Waals surface area contributed by atoms with Crippen LogP contribution in [0.5, 0.6) is 0 Å². The summed E-state index contributed by atoms with van der Waals surface area (Å²) in [5, 5.41) is 15.0. The summed E-state index contributed by atoms with van der Waals surface area (Å²) < 4.78 is 1.89. The van der Waals surface area contributed by atoms with Gasteiger partial charge in [0.25, 0.3) is 0 Å². The molecule has 0 aromatic carbocycles. The molecule has 2 heterocycles. The van der Waals surface area contributed by atoms with Gasteiger partial charge in [-0.1, -0.05) is 11.8 Å². The summed E-state index contributed by atoms with van der Waals surface area (Å²) in [6.07, 6.45) is 0.520. The maximum atomic E-state index is 8.66. The molecule has 2 aromatic rings. The molecule has 2 aromatic heterocycles. The number of aliphatic hydroxyl groups excluding tert-OH is 1. The topological polar surface area (TPSA) is 50.9 Å². The molecule has 0 radical (unpaired) electrons. The number of rotatable bonds is 3. The Balaban J connectivity index is 2.07. The molecule has 0 fully saturated rings. The molecule has 4 nitrogen and oxygen atoms in total. The van der Waals surface area contributed by atoms with E-state index in [-0.39, 0.29) is 6.61 Å². The van der Waals surface area contributed by atoms with Gasteiger partial charge in [0.15, 0.2) is 0 Å². The second-order valence-electron chi connectivity index (χ2n) is 3.94. The van der Waals surface area contributed by atoms with Gasteiger partial charge in [0.05, 0.1) is 13.2 Å². The van der Waals surface area contributed by atoms with Crippen LogP contribution in [-0.2, 0) is 6.54 Å². The minimum absolute atomic E-state index is 0.113. The molecule has 0 amide bonds. The fraction of sp³-hybridized carbons (Fsp3) is 0.385. The summed E-state index contributed by atoms with van der Waals surface area (Å²) in [5.41, 5.74) is 0.998. The Morgan fingerprint density at radius 3 is 2.94 bits per heavy atom. The maximum Gasteiger partial charge on any atom is 0.147 e. The first kappa shape index (κ1) is 12.8. The quantitative estimate of drug-likeness (QED) is 0.856. The molecule has 94 valence electrons. The van der Waals surface area contributed by atoms with Gasteiger partial charge in [-0.3, -0.25) is 0 Å². The van der Waals surface area contributed by atoms with Crippen LogP contribution in [0.4, 0.5) is 0 Å². The van der Waals surface area contributed by atoms with Gasteiger partial charge in [-0.2, -0.15) is 5.10 Å².